The fourth-order valence-electron chi connectivity index (χ4n) is 3.98. The first-order valence-corrected chi connectivity index (χ1v) is 10.6. The summed E-state index contributed by atoms with van der Waals surface area (Å²) in [4.78, 5) is 20.2. The molecule has 4 heterocycles. The maximum atomic E-state index is 12.6. The first-order chi connectivity index (χ1) is 14.3. The molecular weight excluding hydrogens is 402 g/mol. The van der Waals surface area contributed by atoms with Gasteiger partial charge in [-0.3, -0.25) is 9.48 Å². The highest BCUT2D eigenvalue weighted by Gasteiger charge is 2.35. The quantitative estimate of drug-likeness (QED) is 0.694. The Balaban J connectivity index is 1.60. The Bertz CT molecular complexity index is 1150. The molecule has 0 atom stereocenters. The molecule has 1 N–H and O–H groups in total. The summed E-state index contributed by atoms with van der Waals surface area (Å²) in [5.74, 6) is 1.41. The van der Waals surface area contributed by atoms with E-state index in [1.807, 2.05) is 39.4 Å². The van der Waals surface area contributed by atoms with Gasteiger partial charge in [0.2, 0.25) is 0 Å². The summed E-state index contributed by atoms with van der Waals surface area (Å²) in [6.45, 7) is 5.22. The number of carbonyl (C=O) groups excluding carboxylic acids is 1. The molecule has 5 rings (SSSR count). The summed E-state index contributed by atoms with van der Waals surface area (Å²) in [6, 6.07) is 3.96. The Labute approximate surface area is 178 Å². The smallest absolute Gasteiger partial charge is 0.263 e. The number of thiazole rings is 1. The third-order valence-electron chi connectivity index (χ3n) is 5.34. The standard InChI is InChI=1S/C21H23N5O3S/c1-21(2)9-14-18(19(27)24-21)30-20(23-14)26-5-6-29-17-8-16(28-4)13(7-15(17)26)12-10-22-25(3)11-12/h7-8,10-11H,5-6,9H2,1-4H3,(H,24,27). The molecule has 1 amide bonds. The number of hydrogen-bond donors (Lipinski definition) is 1. The second-order valence-corrected chi connectivity index (χ2v) is 9.19. The van der Waals surface area contributed by atoms with E-state index in [0.29, 0.717) is 24.4 Å². The number of anilines is 2. The molecular formula is C21H23N5O3S. The zero-order chi connectivity index (χ0) is 21.0. The maximum Gasteiger partial charge on any atom is 0.263 e. The van der Waals surface area contributed by atoms with Crippen molar-refractivity contribution >= 4 is 28.1 Å². The minimum absolute atomic E-state index is 0.0516. The van der Waals surface area contributed by atoms with Gasteiger partial charge < -0.3 is 19.7 Å². The summed E-state index contributed by atoms with van der Waals surface area (Å²) in [5, 5.41) is 8.15. The van der Waals surface area contributed by atoms with Gasteiger partial charge in [-0.1, -0.05) is 11.3 Å². The summed E-state index contributed by atoms with van der Waals surface area (Å²) in [6.07, 6.45) is 4.48. The van der Waals surface area contributed by atoms with Gasteiger partial charge in [0.25, 0.3) is 5.91 Å². The van der Waals surface area contributed by atoms with Gasteiger partial charge in [-0.2, -0.15) is 5.10 Å². The van der Waals surface area contributed by atoms with Gasteiger partial charge in [0, 0.05) is 42.4 Å². The molecule has 0 saturated heterocycles. The number of amides is 1. The van der Waals surface area contributed by atoms with Crippen LogP contribution in [-0.2, 0) is 13.5 Å². The molecule has 0 fully saturated rings. The van der Waals surface area contributed by atoms with E-state index in [1.54, 1.807) is 11.8 Å². The molecule has 0 saturated carbocycles. The molecule has 2 aliphatic rings. The van der Waals surface area contributed by atoms with Crippen LogP contribution in [0.3, 0.4) is 0 Å². The summed E-state index contributed by atoms with van der Waals surface area (Å²) in [5.41, 5.74) is 3.37. The first-order valence-electron chi connectivity index (χ1n) is 9.78. The average Bonchev–Trinajstić information content (AvgIpc) is 3.31. The second-order valence-electron chi connectivity index (χ2n) is 8.21. The highest BCUT2D eigenvalue weighted by molar-refractivity contribution is 7.17. The lowest BCUT2D eigenvalue weighted by Gasteiger charge is -2.30. The van der Waals surface area contributed by atoms with Crippen LogP contribution in [0.1, 0.15) is 29.2 Å². The van der Waals surface area contributed by atoms with Crippen molar-refractivity contribution in [3.63, 3.8) is 0 Å². The number of nitrogens with zero attached hydrogens (tertiary/aromatic N) is 4. The normalized spacial score (nSPS) is 17.1. The molecule has 3 aromatic rings. The van der Waals surface area contributed by atoms with Crippen LogP contribution in [-0.4, -0.2) is 46.5 Å². The predicted molar refractivity (Wildman–Crippen MR) is 115 cm³/mol. The number of aryl methyl sites for hydroxylation is 1. The average molecular weight is 426 g/mol. The van der Waals surface area contributed by atoms with E-state index in [2.05, 4.69) is 21.4 Å². The van der Waals surface area contributed by atoms with Crippen molar-refractivity contribution in [3.8, 4) is 22.6 Å². The van der Waals surface area contributed by atoms with Gasteiger partial charge in [0.1, 0.15) is 23.0 Å². The van der Waals surface area contributed by atoms with Crippen LogP contribution in [0, 0.1) is 0 Å². The van der Waals surface area contributed by atoms with Crippen LogP contribution in [0.2, 0.25) is 0 Å². The van der Waals surface area contributed by atoms with Crippen LogP contribution in [0.25, 0.3) is 11.1 Å². The third kappa shape index (κ3) is 3.09. The Morgan fingerprint density at radius 1 is 1.33 bits per heavy atom. The number of aromatic nitrogens is 3. The second kappa shape index (κ2) is 6.73. The molecule has 2 aromatic heterocycles. The molecule has 0 aliphatic carbocycles. The molecule has 8 nitrogen and oxygen atoms in total. The van der Waals surface area contributed by atoms with Crippen molar-refractivity contribution < 1.29 is 14.3 Å². The zero-order valence-electron chi connectivity index (χ0n) is 17.4. The zero-order valence-corrected chi connectivity index (χ0v) is 18.2. The highest BCUT2D eigenvalue weighted by Crippen LogP contribution is 2.45. The number of nitrogens with one attached hydrogen (secondary N) is 1. The molecule has 9 heteroatoms. The lowest BCUT2D eigenvalue weighted by atomic mass is 9.94. The largest absolute Gasteiger partial charge is 0.496 e. The van der Waals surface area contributed by atoms with E-state index in [4.69, 9.17) is 14.5 Å². The number of methoxy groups -OCH3 is 1. The van der Waals surface area contributed by atoms with Gasteiger partial charge in [-0.15, -0.1) is 0 Å². The van der Waals surface area contributed by atoms with Crippen LogP contribution < -0.4 is 19.7 Å². The van der Waals surface area contributed by atoms with Crippen LogP contribution in [0.4, 0.5) is 10.8 Å². The molecule has 0 bridgehead atoms. The van der Waals surface area contributed by atoms with E-state index in [-0.39, 0.29) is 11.4 Å². The highest BCUT2D eigenvalue weighted by atomic mass is 32.1. The number of ether oxygens (including phenoxy) is 2. The lowest BCUT2D eigenvalue weighted by molar-refractivity contribution is 0.0901. The molecule has 156 valence electrons. The Morgan fingerprint density at radius 2 is 2.17 bits per heavy atom. The fraction of sp³-hybridized carbons (Fsp3) is 0.381. The van der Waals surface area contributed by atoms with Crippen molar-refractivity contribution in [2.45, 2.75) is 25.8 Å². The van der Waals surface area contributed by atoms with Crippen molar-refractivity contribution in [3.05, 3.63) is 35.1 Å². The number of hydrogen-bond acceptors (Lipinski definition) is 7. The maximum absolute atomic E-state index is 12.6. The fourth-order valence-corrected chi connectivity index (χ4v) is 4.99. The SMILES string of the molecule is COc1cc2c(cc1-c1cnn(C)c1)N(c1nc3c(s1)C(=O)NC(C)(C)C3)CCO2. The minimum atomic E-state index is -0.292. The van der Waals surface area contributed by atoms with E-state index < -0.39 is 0 Å². The lowest BCUT2D eigenvalue weighted by Crippen LogP contribution is -2.48. The molecule has 2 aliphatic heterocycles. The first kappa shape index (κ1) is 18.9. The van der Waals surface area contributed by atoms with E-state index in [9.17, 15) is 4.79 Å². The van der Waals surface area contributed by atoms with E-state index >= 15 is 0 Å². The van der Waals surface area contributed by atoms with Crippen molar-refractivity contribution in [2.24, 2.45) is 7.05 Å². The van der Waals surface area contributed by atoms with Crippen LogP contribution in [0.5, 0.6) is 11.5 Å². The molecule has 0 spiro atoms. The Hall–Kier alpha value is -3.07. The molecule has 0 unspecified atom stereocenters. The van der Waals surface area contributed by atoms with Gasteiger partial charge in [-0.05, 0) is 19.9 Å². The molecule has 1 aromatic carbocycles. The third-order valence-corrected chi connectivity index (χ3v) is 6.46. The Morgan fingerprint density at radius 3 is 2.90 bits per heavy atom. The monoisotopic (exact) mass is 425 g/mol. The summed E-state index contributed by atoms with van der Waals surface area (Å²) in [7, 11) is 3.54. The van der Waals surface area contributed by atoms with Gasteiger partial charge in [-0.25, -0.2) is 4.98 Å². The number of fused-ring (bicyclic) bond motifs is 2. The van der Waals surface area contributed by atoms with Crippen LogP contribution in [0.15, 0.2) is 24.5 Å². The number of carbonyl (C=O) groups is 1. The predicted octanol–water partition coefficient (Wildman–Crippen LogP) is 3.15. The van der Waals surface area contributed by atoms with Gasteiger partial charge in [0.05, 0.1) is 31.2 Å². The summed E-state index contributed by atoms with van der Waals surface area (Å²) >= 11 is 1.43. The van der Waals surface area contributed by atoms with Gasteiger partial charge >= 0.3 is 0 Å². The number of rotatable bonds is 3. The van der Waals surface area contributed by atoms with Crippen molar-refractivity contribution in [2.75, 3.05) is 25.2 Å². The van der Waals surface area contributed by atoms with Crippen molar-refractivity contribution in [1.82, 2.24) is 20.1 Å². The molecule has 30 heavy (non-hydrogen) atoms. The number of benzene rings is 1. The van der Waals surface area contributed by atoms with Gasteiger partial charge in [0.15, 0.2) is 5.13 Å². The summed E-state index contributed by atoms with van der Waals surface area (Å²) < 4.78 is 13.3. The van der Waals surface area contributed by atoms with E-state index in [0.717, 1.165) is 39.1 Å². The topological polar surface area (TPSA) is 81.5 Å². The minimum Gasteiger partial charge on any atom is -0.496 e. The Kier molecular flexibility index (Phi) is 4.25. The van der Waals surface area contributed by atoms with Crippen molar-refractivity contribution in [1.29, 1.82) is 0 Å². The van der Waals surface area contributed by atoms with E-state index in [1.165, 1.54) is 11.3 Å². The molecule has 0 radical (unpaired) electrons. The van der Waals surface area contributed by atoms with Crippen LogP contribution >= 0.6 is 11.3 Å².